The fourth-order valence-corrected chi connectivity index (χ4v) is 3.62. The van der Waals surface area contributed by atoms with Crippen LogP contribution in [0.4, 0.5) is 10.2 Å². The molecular weight excluding hydrogens is 337 g/mol. The van der Waals surface area contributed by atoms with E-state index in [0.717, 1.165) is 43.2 Å². The highest BCUT2D eigenvalue weighted by molar-refractivity contribution is 8.00. The number of anilines is 1. The molecule has 1 saturated heterocycles. The summed E-state index contributed by atoms with van der Waals surface area (Å²) in [7, 11) is 0. The topological polar surface area (TPSA) is 45.2 Å². The Bertz CT molecular complexity index is 673. The van der Waals surface area contributed by atoms with Gasteiger partial charge < -0.3 is 10.2 Å². The van der Waals surface area contributed by atoms with Crippen molar-refractivity contribution in [2.45, 2.75) is 17.7 Å². The van der Waals surface area contributed by atoms with Crippen LogP contribution < -0.4 is 10.2 Å². The number of thioether (sulfide) groups is 1. The van der Waals surface area contributed by atoms with Crippen LogP contribution in [0.5, 0.6) is 0 Å². The van der Waals surface area contributed by atoms with E-state index in [1.807, 2.05) is 24.4 Å². The highest BCUT2D eigenvalue weighted by atomic mass is 32.2. The molecule has 1 aromatic carbocycles. The molecule has 0 spiro atoms. The number of aromatic nitrogens is 1. The summed E-state index contributed by atoms with van der Waals surface area (Å²) in [5, 5.41) is 3.02. The minimum atomic E-state index is -0.258. The lowest BCUT2D eigenvalue weighted by atomic mass is 9.97. The normalized spacial score (nSPS) is 15.2. The van der Waals surface area contributed by atoms with Gasteiger partial charge in [-0.15, -0.1) is 11.8 Å². The molecule has 25 heavy (non-hydrogen) atoms. The third-order valence-electron chi connectivity index (χ3n) is 4.36. The number of pyridine rings is 1. The van der Waals surface area contributed by atoms with Gasteiger partial charge in [-0.2, -0.15) is 0 Å². The van der Waals surface area contributed by atoms with Crippen molar-refractivity contribution < 1.29 is 9.18 Å². The van der Waals surface area contributed by atoms with Crippen LogP contribution >= 0.6 is 11.8 Å². The third kappa shape index (κ3) is 5.46. The van der Waals surface area contributed by atoms with Crippen molar-refractivity contribution in [2.75, 3.05) is 30.3 Å². The fraction of sp³-hybridized carbons (Fsp3) is 0.368. The Labute approximate surface area is 151 Å². The lowest BCUT2D eigenvalue weighted by Gasteiger charge is -2.32. The van der Waals surface area contributed by atoms with Crippen molar-refractivity contribution in [3.8, 4) is 0 Å². The summed E-state index contributed by atoms with van der Waals surface area (Å²) < 4.78 is 12.9. The summed E-state index contributed by atoms with van der Waals surface area (Å²) in [4.78, 5) is 19.6. The summed E-state index contributed by atoms with van der Waals surface area (Å²) in [5.41, 5.74) is 0. The predicted octanol–water partition coefficient (Wildman–Crippen LogP) is 3.35. The quantitative estimate of drug-likeness (QED) is 0.804. The van der Waals surface area contributed by atoms with Gasteiger partial charge in [-0.05, 0) is 55.2 Å². The van der Waals surface area contributed by atoms with E-state index in [9.17, 15) is 9.18 Å². The van der Waals surface area contributed by atoms with Crippen molar-refractivity contribution in [1.29, 1.82) is 0 Å². The van der Waals surface area contributed by atoms with Crippen LogP contribution in [0.25, 0.3) is 0 Å². The first-order chi connectivity index (χ1) is 12.2. The van der Waals surface area contributed by atoms with Crippen LogP contribution in [0.1, 0.15) is 12.8 Å². The third-order valence-corrected chi connectivity index (χ3v) is 5.37. The largest absolute Gasteiger partial charge is 0.357 e. The average molecular weight is 359 g/mol. The molecule has 2 heterocycles. The van der Waals surface area contributed by atoms with Crippen molar-refractivity contribution in [2.24, 2.45) is 5.92 Å². The predicted molar refractivity (Wildman–Crippen MR) is 99.3 cm³/mol. The second kappa shape index (κ2) is 8.85. The zero-order valence-corrected chi connectivity index (χ0v) is 14.8. The minimum absolute atomic E-state index is 0.0291. The number of carbonyl (C=O) groups is 1. The number of benzene rings is 1. The maximum atomic E-state index is 12.9. The molecule has 2 aromatic rings. The van der Waals surface area contributed by atoms with Gasteiger partial charge in [0.15, 0.2) is 0 Å². The van der Waals surface area contributed by atoms with Gasteiger partial charge in [0, 0.05) is 30.7 Å². The number of piperidine rings is 1. The van der Waals surface area contributed by atoms with Crippen molar-refractivity contribution in [3.63, 3.8) is 0 Å². The molecule has 1 N–H and O–H groups in total. The van der Waals surface area contributed by atoms with Crippen LogP contribution in [-0.2, 0) is 4.79 Å². The molecule has 1 aliphatic heterocycles. The number of hydrogen-bond acceptors (Lipinski definition) is 4. The van der Waals surface area contributed by atoms with Crippen molar-refractivity contribution in [1.82, 2.24) is 10.3 Å². The van der Waals surface area contributed by atoms with Crippen LogP contribution in [0.15, 0.2) is 53.6 Å². The molecule has 0 atom stereocenters. The fourth-order valence-electron chi connectivity index (χ4n) is 2.90. The minimum Gasteiger partial charge on any atom is -0.357 e. The second-order valence-corrected chi connectivity index (χ2v) is 7.21. The van der Waals surface area contributed by atoms with Gasteiger partial charge in [-0.1, -0.05) is 6.07 Å². The molecule has 1 fully saturated rings. The SMILES string of the molecule is O=C(CSc1ccc(F)cc1)NCC1CCN(c2ccccn2)CC1. The Morgan fingerprint density at radius 3 is 2.64 bits per heavy atom. The van der Waals surface area contributed by atoms with E-state index in [2.05, 4.69) is 15.2 Å². The van der Waals surface area contributed by atoms with Crippen LogP contribution in [0.2, 0.25) is 0 Å². The summed E-state index contributed by atoms with van der Waals surface area (Å²) >= 11 is 1.43. The number of halogens is 1. The van der Waals surface area contributed by atoms with E-state index >= 15 is 0 Å². The lowest BCUT2D eigenvalue weighted by molar-refractivity contribution is -0.118. The molecule has 0 saturated carbocycles. The average Bonchev–Trinajstić information content (AvgIpc) is 2.67. The van der Waals surface area contributed by atoms with Crippen LogP contribution in [0, 0.1) is 11.7 Å². The summed E-state index contributed by atoms with van der Waals surface area (Å²) in [6.07, 6.45) is 3.93. The van der Waals surface area contributed by atoms with Crippen molar-refractivity contribution >= 4 is 23.5 Å². The smallest absolute Gasteiger partial charge is 0.230 e. The summed E-state index contributed by atoms with van der Waals surface area (Å²) in [6.45, 7) is 2.67. The van der Waals surface area contributed by atoms with Crippen LogP contribution in [0.3, 0.4) is 0 Å². The standard InChI is InChI=1S/C19H22FN3OS/c20-16-4-6-17(7-5-16)25-14-19(24)22-13-15-8-11-23(12-9-15)18-3-1-2-10-21-18/h1-7,10,15H,8-9,11-14H2,(H,22,24). The maximum absolute atomic E-state index is 12.9. The molecular formula is C19H22FN3OS. The van der Waals surface area contributed by atoms with E-state index in [1.54, 1.807) is 12.1 Å². The molecule has 4 nitrogen and oxygen atoms in total. The van der Waals surface area contributed by atoms with Gasteiger partial charge >= 0.3 is 0 Å². The van der Waals surface area contributed by atoms with Gasteiger partial charge in [-0.3, -0.25) is 4.79 Å². The molecule has 0 radical (unpaired) electrons. The van der Waals surface area contributed by atoms with Gasteiger partial charge in [0.25, 0.3) is 0 Å². The zero-order chi connectivity index (χ0) is 17.5. The highest BCUT2D eigenvalue weighted by Crippen LogP contribution is 2.21. The molecule has 1 aliphatic rings. The Morgan fingerprint density at radius 2 is 1.96 bits per heavy atom. The monoisotopic (exact) mass is 359 g/mol. The number of nitrogens with one attached hydrogen (secondary N) is 1. The van der Waals surface area contributed by atoms with Crippen molar-refractivity contribution in [3.05, 3.63) is 54.5 Å². The van der Waals surface area contributed by atoms with Crippen LogP contribution in [-0.4, -0.2) is 36.3 Å². The first-order valence-electron chi connectivity index (χ1n) is 8.52. The van der Waals surface area contributed by atoms with Gasteiger partial charge in [0.2, 0.25) is 5.91 Å². The molecule has 1 aromatic heterocycles. The first kappa shape index (κ1) is 17.7. The Balaban J connectivity index is 1.35. The number of rotatable bonds is 6. The number of nitrogens with zero attached hydrogens (tertiary/aromatic N) is 2. The highest BCUT2D eigenvalue weighted by Gasteiger charge is 2.20. The van der Waals surface area contributed by atoms with E-state index < -0.39 is 0 Å². The van der Waals surface area contributed by atoms with E-state index in [1.165, 1.54) is 23.9 Å². The zero-order valence-electron chi connectivity index (χ0n) is 14.0. The molecule has 6 heteroatoms. The van der Waals surface area contributed by atoms with Gasteiger partial charge in [-0.25, -0.2) is 9.37 Å². The summed E-state index contributed by atoms with van der Waals surface area (Å²) in [6, 6.07) is 12.2. The molecule has 0 aliphatic carbocycles. The number of hydrogen-bond donors (Lipinski definition) is 1. The molecule has 0 bridgehead atoms. The Kier molecular flexibility index (Phi) is 6.28. The van der Waals surface area contributed by atoms with E-state index in [-0.39, 0.29) is 11.7 Å². The number of amides is 1. The first-order valence-corrected chi connectivity index (χ1v) is 9.50. The molecule has 3 rings (SSSR count). The molecule has 0 unspecified atom stereocenters. The number of carbonyl (C=O) groups excluding carboxylic acids is 1. The van der Waals surface area contributed by atoms with Gasteiger partial charge in [0.05, 0.1) is 5.75 Å². The van der Waals surface area contributed by atoms with E-state index in [4.69, 9.17) is 0 Å². The Morgan fingerprint density at radius 1 is 1.20 bits per heavy atom. The molecule has 1 amide bonds. The molecule has 132 valence electrons. The second-order valence-electron chi connectivity index (χ2n) is 6.17. The van der Waals surface area contributed by atoms with E-state index in [0.29, 0.717) is 11.7 Å². The Hall–Kier alpha value is -2.08. The summed E-state index contributed by atoms with van der Waals surface area (Å²) in [5.74, 6) is 1.67. The lowest BCUT2D eigenvalue weighted by Crippen LogP contribution is -2.39. The maximum Gasteiger partial charge on any atom is 0.230 e. The van der Waals surface area contributed by atoms with Gasteiger partial charge in [0.1, 0.15) is 11.6 Å².